The van der Waals surface area contributed by atoms with Crippen molar-refractivity contribution in [3.63, 3.8) is 0 Å². The monoisotopic (exact) mass is 309 g/mol. The van der Waals surface area contributed by atoms with Crippen molar-refractivity contribution < 1.29 is 24.1 Å². The lowest BCUT2D eigenvalue weighted by Gasteiger charge is -2.14. The van der Waals surface area contributed by atoms with Crippen LogP contribution < -0.4 is 5.32 Å². The largest absolute Gasteiger partial charge is 0.502 e. The van der Waals surface area contributed by atoms with Gasteiger partial charge in [0.1, 0.15) is 0 Å². The highest BCUT2D eigenvalue weighted by molar-refractivity contribution is 5.44. The summed E-state index contributed by atoms with van der Waals surface area (Å²) in [4.78, 5) is 0. The molecule has 118 valence electrons. The maximum atomic E-state index is 13.7. The molecule has 0 aliphatic carbocycles. The summed E-state index contributed by atoms with van der Waals surface area (Å²) >= 11 is 0. The topological polar surface area (TPSA) is 72.7 Å². The van der Waals surface area contributed by atoms with E-state index in [9.17, 15) is 19.0 Å². The number of hydrogen-bond acceptors (Lipinski definition) is 4. The molecule has 4 nitrogen and oxygen atoms in total. The third-order valence-electron chi connectivity index (χ3n) is 3.32. The van der Waals surface area contributed by atoms with Gasteiger partial charge in [-0.05, 0) is 24.6 Å². The van der Waals surface area contributed by atoms with E-state index in [1.165, 1.54) is 0 Å². The molecule has 0 saturated heterocycles. The van der Waals surface area contributed by atoms with Crippen LogP contribution >= 0.6 is 0 Å². The highest BCUT2D eigenvalue weighted by Gasteiger charge is 2.21. The number of benzene rings is 2. The fraction of sp³-hybridized carbons (Fsp3) is 0.250. The minimum Gasteiger partial charge on any atom is -0.502 e. The Morgan fingerprint density at radius 3 is 2.41 bits per heavy atom. The molecule has 1 unspecified atom stereocenters. The van der Waals surface area contributed by atoms with Gasteiger partial charge in [0.15, 0.2) is 23.1 Å². The maximum Gasteiger partial charge on any atom is 0.197 e. The molecule has 0 aromatic heterocycles. The molecule has 0 heterocycles. The van der Waals surface area contributed by atoms with Crippen LogP contribution in [0.1, 0.15) is 17.2 Å². The van der Waals surface area contributed by atoms with Crippen molar-refractivity contribution in [2.75, 3.05) is 13.1 Å². The maximum absolute atomic E-state index is 13.7. The lowest BCUT2D eigenvalue weighted by atomic mass is 10.1. The molecule has 6 heteroatoms. The summed E-state index contributed by atoms with van der Waals surface area (Å²) < 4.78 is 27.0. The number of aliphatic hydroxyl groups is 1. The Bertz CT molecular complexity index is 635. The van der Waals surface area contributed by atoms with Crippen molar-refractivity contribution in [1.29, 1.82) is 0 Å². The molecule has 1 atom stereocenters. The lowest BCUT2D eigenvalue weighted by molar-refractivity contribution is 0.168. The zero-order valence-electron chi connectivity index (χ0n) is 11.8. The molecule has 0 fully saturated rings. The van der Waals surface area contributed by atoms with Crippen LogP contribution in [0.2, 0.25) is 0 Å². The Kier molecular flexibility index (Phi) is 5.30. The summed E-state index contributed by atoms with van der Waals surface area (Å²) in [5.74, 6) is -4.77. The lowest BCUT2D eigenvalue weighted by Crippen LogP contribution is -2.24. The molecular weight excluding hydrogens is 292 g/mol. The summed E-state index contributed by atoms with van der Waals surface area (Å²) in [6, 6.07) is 10.3. The van der Waals surface area contributed by atoms with E-state index in [0.29, 0.717) is 12.6 Å². The van der Waals surface area contributed by atoms with Gasteiger partial charge in [0.05, 0.1) is 6.10 Å². The number of phenols is 2. The highest BCUT2D eigenvalue weighted by atomic mass is 19.1. The van der Waals surface area contributed by atoms with Crippen LogP contribution in [-0.2, 0) is 6.42 Å². The van der Waals surface area contributed by atoms with E-state index in [1.54, 1.807) is 0 Å². The van der Waals surface area contributed by atoms with Crippen LogP contribution in [0.3, 0.4) is 0 Å². The van der Waals surface area contributed by atoms with E-state index in [4.69, 9.17) is 5.11 Å². The Morgan fingerprint density at radius 2 is 1.73 bits per heavy atom. The summed E-state index contributed by atoms with van der Waals surface area (Å²) in [6.07, 6.45) is -0.609. The molecule has 2 aromatic rings. The predicted molar refractivity (Wildman–Crippen MR) is 77.7 cm³/mol. The fourth-order valence-electron chi connectivity index (χ4n) is 2.09. The predicted octanol–water partition coefficient (Wildman–Crippen LogP) is 2.24. The Hall–Kier alpha value is -2.18. The Morgan fingerprint density at radius 1 is 1.05 bits per heavy atom. The van der Waals surface area contributed by atoms with Crippen molar-refractivity contribution in [2.24, 2.45) is 0 Å². The van der Waals surface area contributed by atoms with Gasteiger partial charge in [0, 0.05) is 12.1 Å². The SMILES string of the molecule is Oc1c(F)cc(C(O)CNCCc2ccccc2)c(F)c1O. The molecule has 2 rings (SSSR count). The normalized spacial score (nSPS) is 12.3. The summed E-state index contributed by atoms with van der Waals surface area (Å²) in [6.45, 7) is 0.544. The van der Waals surface area contributed by atoms with Crippen LogP contribution in [0, 0.1) is 11.6 Å². The van der Waals surface area contributed by atoms with Gasteiger partial charge in [-0.3, -0.25) is 0 Å². The van der Waals surface area contributed by atoms with Gasteiger partial charge in [-0.25, -0.2) is 8.78 Å². The first-order valence-electron chi connectivity index (χ1n) is 6.83. The molecule has 0 spiro atoms. The quantitative estimate of drug-likeness (QED) is 0.488. The highest BCUT2D eigenvalue weighted by Crippen LogP contribution is 2.35. The van der Waals surface area contributed by atoms with Crippen LogP contribution in [0.5, 0.6) is 11.5 Å². The van der Waals surface area contributed by atoms with Gasteiger partial charge in [-0.2, -0.15) is 0 Å². The third kappa shape index (κ3) is 3.72. The number of aliphatic hydroxyl groups excluding tert-OH is 1. The number of rotatable bonds is 6. The van der Waals surface area contributed by atoms with Crippen LogP contribution in [-0.4, -0.2) is 28.4 Å². The molecule has 0 radical (unpaired) electrons. The number of phenolic OH excluding ortho intramolecular Hbond substituents is 2. The van der Waals surface area contributed by atoms with Gasteiger partial charge in [-0.1, -0.05) is 30.3 Å². The van der Waals surface area contributed by atoms with Crippen molar-refractivity contribution in [2.45, 2.75) is 12.5 Å². The number of nitrogens with one attached hydrogen (secondary N) is 1. The molecule has 0 amide bonds. The first-order valence-corrected chi connectivity index (χ1v) is 6.83. The Balaban J connectivity index is 1.91. The van der Waals surface area contributed by atoms with Gasteiger partial charge < -0.3 is 20.6 Å². The molecule has 0 bridgehead atoms. The molecule has 4 N–H and O–H groups in total. The van der Waals surface area contributed by atoms with Gasteiger partial charge in [-0.15, -0.1) is 0 Å². The van der Waals surface area contributed by atoms with Crippen LogP contribution in [0.15, 0.2) is 36.4 Å². The zero-order valence-corrected chi connectivity index (χ0v) is 11.8. The molecule has 0 aliphatic rings. The summed E-state index contributed by atoms with van der Waals surface area (Å²) in [7, 11) is 0. The van der Waals surface area contributed by atoms with Crippen molar-refractivity contribution in [1.82, 2.24) is 5.32 Å². The van der Waals surface area contributed by atoms with Gasteiger partial charge in [0.2, 0.25) is 0 Å². The van der Waals surface area contributed by atoms with Crippen molar-refractivity contribution in [3.8, 4) is 11.5 Å². The minimum atomic E-state index is -1.34. The van der Waals surface area contributed by atoms with E-state index in [2.05, 4.69) is 5.32 Å². The van der Waals surface area contributed by atoms with Gasteiger partial charge >= 0.3 is 0 Å². The third-order valence-corrected chi connectivity index (χ3v) is 3.32. The number of aromatic hydroxyl groups is 2. The minimum absolute atomic E-state index is 0.00654. The van der Waals surface area contributed by atoms with Crippen molar-refractivity contribution >= 4 is 0 Å². The van der Waals surface area contributed by atoms with E-state index in [-0.39, 0.29) is 6.54 Å². The van der Waals surface area contributed by atoms with Crippen LogP contribution in [0.4, 0.5) is 8.78 Å². The number of hydrogen-bond donors (Lipinski definition) is 4. The molecular formula is C16H17F2NO3. The van der Waals surface area contributed by atoms with E-state index in [1.807, 2.05) is 30.3 Å². The second kappa shape index (κ2) is 7.20. The average Bonchev–Trinajstić information content (AvgIpc) is 2.53. The van der Waals surface area contributed by atoms with Gasteiger partial charge in [0.25, 0.3) is 0 Å². The van der Waals surface area contributed by atoms with E-state index >= 15 is 0 Å². The zero-order chi connectivity index (χ0) is 16.1. The van der Waals surface area contributed by atoms with Crippen LogP contribution in [0.25, 0.3) is 0 Å². The number of halogens is 2. The second-order valence-corrected chi connectivity index (χ2v) is 4.91. The van der Waals surface area contributed by atoms with E-state index < -0.39 is 34.8 Å². The average molecular weight is 309 g/mol. The molecule has 0 aliphatic heterocycles. The first-order chi connectivity index (χ1) is 10.5. The first kappa shape index (κ1) is 16.2. The standard InChI is InChI=1S/C16H17F2NO3/c17-12-8-11(14(18)16(22)15(12)21)13(20)9-19-7-6-10-4-2-1-3-5-10/h1-5,8,13,19-22H,6-7,9H2. The Labute approximate surface area is 126 Å². The fourth-order valence-corrected chi connectivity index (χ4v) is 2.09. The molecule has 22 heavy (non-hydrogen) atoms. The second-order valence-electron chi connectivity index (χ2n) is 4.91. The molecule has 2 aromatic carbocycles. The van der Waals surface area contributed by atoms with Crippen molar-refractivity contribution in [3.05, 3.63) is 59.2 Å². The summed E-state index contributed by atoms with van der Waals surface area (Å²) in [5.41, 5.74) is 0.712. The van der Waals surface area contributed by atoms with E-state index in [0.717, 1.165) is 12.0 Å². The summed E-state index contributed by atoms with van der Waals surface area (Å²) in [5, 5.41) is 31.1. The molecule has 0 saturated carbocycles. The smallest absolute Gasteiger partial charge is 0.197 e.